The molecule has 6 rings (SSSR count). The molecule has 4 heterocycles. The second-order valence-electron chi connectivity index (χ2n) is 9.68. The maximum absolute atomic E-state index is 13.9. The van der Waals surface area contributed by atoms with Gasteiger partial charge in [-0.25, -0.2) is 0 Å². The van der Waals surface area contributed by atoms with E-state index >= 15 is 0 Å². The van der Waals surface area contributed by atoms with E-state index in [-0.39, 0.29) is 11.6 Å². The average molecular weight is 443 g/mol. The highest BCUT2D eigenvalue weighted by molar-refractivity contribution is 5.90. The van der Waals surface area contributed by atoms with Gasteiger partial charge < -0.3 is 9.64 Å². The Kier molecular flexibility index (Phi) is 4.80. The molecule has 0 aliphatic carbocycles. The Morgan fingerprint density at radius 3 is 2.67 bits per heavy atom. The second kappa shape index (κ2) is 7.73. The van der Waals surface area contributed by atoms with Crippen molar-refractivity contribution < 1.29 is 9.53 Å². The van der Waals surface area contributed by atoms with Crippen LogP contribution in [0.1, 0.15) is 36.4 Å². The fourth-order valence-corrected chi connectivity index (χ4v) is 6.53. The van der Waals surface area contributed by atoms with E-state index < -0.39 is 0 Å². The van der Waals surface area contributed by atoms with Crippen LogP contribution in [-0.2, 0) is 18.4 Å². The average Bonchev–Trinajstić information content (AvgIpc) is 3.57. The fourth-order valence-electron chi connectivity index (χ4n) is 6.53. The Morgan fingerprint density at radius 2 is 1.91 bits per heavy atom. The van der Waals surface area contributed by atoms with Crippen LogP contribution in [0.2, 0.25) is 0 Å². The summed E-state index contributed by atoms with van der Waals surface area (Å²) in [6.07, 6.45) is 5.22. The van der Waals surface area contributed by atoms with Gasteiger partial charge in [0.05, 0.1) is 12.8 Å². The van der Waals surface area contributed by atoms with Crippen LogP contribution in [0.25, 0.3) is 11.3 Å². The number of aryl methyl sites for hydroxylation is 1. The molecule has 0 N–H and O–H groups in total. The van der Waals surface area contributed by atoms with Crippen molar-refractivity contribution in [2.75, 3.05) is 20.2 Å². The van der Waals surface area contributed by atoms with Crippen molar-refractivity contribution in [1.82, 2.24) is 19.6 Å². The van der Waals surface area contributed by atoms with Gasteiger partial charge in [0, 0.05) is 49.4 Å². The first-order valence-electron chi connectivity index (χ1n) is 11.9. The minimum absolute atomic E-state index is 0.244. The minimum atomic E-state index is -0.346. The molecule has 0 bridgehead atoms. The van der Waals surface area contributed by atoms with Gasteiger partial charge in [-0.2, -0.15) is 5.10 Å². The van der Waals surface area contributed by atoms with Gasteiger partial charge in [0.1, 0.15) is 11.3 Å². The number of rotatable bonds is 5. The Balaban J connectivity index is 1.29. The number of nitrogens with zero attached hydrogens (tertiary/aromatic N) is 4. The van der Waals surface area contributed by atoms with Crippen molar-refractivity contribution in [2.24, 2.45) is 13.0 Å². The molecule has 1 amide bonds. The molecule has 3 saturated heterocycles. The van der Waals surface area contributed by atoms with E-state index in [4.69, 9.17) is 9.84 Å². The number of carbonyl (C=O) groups is 1. The van der Waals surface area contributed by atoms with Crippen molar-refractivity contribution >= 4 is 5.91 Å². The lowest BCUT2D eigenvalue weighted by atomic mass is 9.85. The molecule has 2 aromatic carbocycles. The van der Waals surface area contributed by atoms with Crippen molar-refractivity contribution in [3.63, 3.8) is 0 Å². The van der Waals surface area contributed by atoms with Crippen LogP contribution >= 0.6 is 0 Å². The molecular formula is C27H30N4O2. The number of methoxy groups -OCH3 is 1. The summed E-state index contributed by atoms with van der Waals surface area (Å²) in [7, 11) is 3.67. The van der Waals surface area contributed by atoms with E-state index in [1.54, 1.807) is 7.11 Å². The number of aromatic nitrogens is 2. The SMILES string of the molecule is COc1ccc(CN2C[C@@H]3C[C@@H](c4cn(C)nc4-c4ccccc4)N4CCC[C@@]34C2=O)cc1. The summed E-state index contributed by atoms with van der Waals surface area (Å²) in [6.45, 7) is 2.48. The van der Waals surface area contributed by atoms with E-state index in [0.29, 0.717) is 18.4 Å². The molecule has 3 aliphatic rings. The Hall–Kier alpha value is -3.12. The number of likely N-dealkylation sites (tertiary alicyclic amines) is 1. The van der Waals surface area contributed by atoms with Gasteiger partial charge in [-0.1, -0.05) is 42.5 Å². The molecule has 0 saturated carbocycles. The first-order valence-corrected chi connectivity index (χ1v) is 11.9. The predicted molar refractivity (Wildman–Crippen MR) is 127 cm³/mol. The highest BCUT2D eigenvalue weighted by Gasteiger charge is 2.65. The molecule has 0 unspecified atom stereocenters. The smallest absolute Gasteiger partial charge is 0.243 e. The number of amides is 1. The van der Waals surface area contributed by atoms with Gasteiger partial charge >= 0.3 is 0 Å². The maximum atomic E-state index is 13.9. The maximum Gasteiger partial charge on any atom is 0.243 e. The molecule has 0 radical (unpaired) electrons. The first kappa shape index (κ1) is 20.5. The third-order valence-electron chi connectivity index (χ3n) is 7.92. The van der Waals surface area contributed by atoms with Gasteiger partial charge in [0.15, 0.2) is 0 Å². The van der Waals surface area contributed by atoms with Gasteiger partial charge in [-0.15, -0.1) is 0 Å². The monoisotopic (exact) mass is 442 g/mol. The molecular weight excluding hydrogens is 412 g/mol. The molecule has 3 atom stereocenters. The highest BCUT2D eigenvalue weighted by atomic mass is 16.5. The zero-order chi connectivity index (χ0) is 22.6. The first-order chi connectivity index (χ1) is 16.1. The number of hydrogen-bond donors (Lipinski definition) is 0. The van der Waals surface area contributed by atoms with Crippen LogP contribution < -0.4 is 4.74 Å². The molecule has 6 nitrogen and oxygen atoms in total. The van der Waals surface area contributed by atoms with Crippen LogP contribution in [0.3, 0.4) is 0 Å². The van der Waals surface area contributed by atoms with Crippen LogP contribution in [-0.4, -0.2) is 51.2 Å². The van der Waals surface area contributed by atoms with Crippen molar-refractivity contribution in [1.29, 1.82) is 0 Å². The molecule has 170 valence electrons. The lowest BCUT2D eigenvalue weighted by molar-refractivity contribution is -0.137. The molecule has 1 aromatic heterocycles. The standard InChI is InChI=1S/C27H30N4O2/c1-29-18-23(25(28-29)20-7-4-3-5-8-20)24-15-21-17-30(16-19-9-11-22(33-2)12-10-19)26(32)27(21)13-6-14-31(24)27/h3-5,7-12,18,21,24H,6,13-17H2,1-2H3/t21-,24-,27-/m0/s1. The lowest BCUT2D eigenvalue weighted by Gasteiger charge is -2.33. The quantitative estimate of drug-likeness (QED) is 0.599. The van der Waals surface area contributed by atoms with E-state index in [1.807, 2.05) is 29.9 Å². The second-order valence-corrected chi connectivity index (χ2v) is 9.68. The summed E-state index contributed by atoms with van der Waals surface area (Å²) in [5.41, 5.74) is 4.26. The van der Waals surface area contributed by atoms with E-state index in [0.717, 1.165) is 54.9 Å². The molecule has 3 fully saturated rings. The lowest BCUT2D eigenvalue weighted by Crippen LogP contribution is -2.49. The van der Waals surface area contributed by atoms with Crippen molar-refractivity contribution in [3.05, 3.63) is 71.9 Å². The fraction of sp³-hybridized carbons (Fsp3) is 0.407. The molecule has 6 heteroatoms. The van der Waals surface area contributed by atoms with Gasteiger partial charge in [0.2, 0.25) is 5.91 Å². The Bertz CT molecular complexity index is 1170. The van der Waals surface area contributed by atoms with Crippen LogP contribution in [0, 0.1) is 5.92 Å². The molecule has 3 aliphatic heterocycles. The summed E-state index contributed by atoms with van der Waals surface area (Å²) in [4.78, 5) is 18.5. The van der Waals surface area contributed by atoms with E-state index in [2.05, 4.69) is 52.4 Å². The van der Waals surface area contributed by atoms with Crippen LogP contribution in [0.4, 0.5) is 0 Å². The Labute approximate surface area is 194 Å². The number of hydrogen-bond acceptors (Lipinski definition) is 4. The van der Waals surface area contributed by atoms with Gasteiger partial charge in [-0.05, 0) is 43.5 Å². The van der Waals surface area contributed by atoms with Crippen LogP contribution in [0.15, 0.2) is 60.8 Å². The van der Waals surface area contributed by atoms with Gasteiger partial charge in [-0.3, -0.25) is 14.4 Å². The largest absolute Gasteiger partial charge is 0.497 e. The Morgan fingerprint density at radius 1 is 1.12 bits per heavy atom. The summed E-state index contributed by atoms with van der Waals surface area (Å²) >= 11 is 0. The normalized spacial score (nSPS) is 26.6. The van der Waals surface area contributed by atoms with E-state index in [9.17, 15) is 4.79 Å². The third kappa shape index (κ3) is 3.11. The topological polar surface area (TPSA) is 50.6 Å². The van der Waals surface area contributed by atoms with Crippen LogP contribution in [0.5, 0.6) is 5.75 Å². The summed E-state index contributed by atoms with van der Waals surface area (Å²) < 4.78 is 7.20. The number of carbonyl (C=O) groups excluding carboxylic acids is 1. The van der Waals surface area contributed by atoms with Gasteiger partial charge in [0.25, 0.3) is 0 Å². The third-order valence-corrected chi connectivity index (χ3v) is 7.92. The predicted octanol–water partition coefficient (Wildman–Crippen LogP) is 4.03. The summed E-state index contributed by atoms with van der Waals surface area (Å²) in [6, 6.07) is 18.7. The zero-order valence-corrected chi connectivity index (χ0v) is 19.3. The van der Waals surface area contributed by atoms with Crippen molar-refractivity contribution in [3.8, 4) is 17.0 Å². The van der Waals surface area contributed by atoms with Crippen molar-refractivity contribution in [2.45, 2.75) is 37.4 Å². The highest BCUT2D eigenvalue weighted by Crippen LogP contribution is 2.57. The molecule has 3 aromatic rings. The number of ether oxygens (including phenoxy) is 1. The molecule has 1 spiro atoms. The number of benzene rings is 2. The van der Waals surface area contributed by atoms with E-state index in [1.165, 1.54) is 5.56 Å². The zero-order valence-electron chi connectivity index (χ0n) is 19.3. The minimum Gasteiger partial charge on any atom is -0.497 e. The summed E-state index contributed by atoms with van der Waals surface area (Å²) in [5, 5.41) is 4.82. The summed E-state index contributed by atoms with van der Waals surface area (Å²) in [5.74, 6) is 1.52. The molecule has 33 heavy (non-hydrogen) atoms.